The second-order valence-electron chi connectivity index (χ2n) is 4.81. The summed E-state index contributed by atoms with van der Waals surface area (Å²) in [4.78, 5) is 13.5. The van der Waals surface area contributed by atoms with E-state index in [9.17, 15) is 4.79 Å². The predicted molar refractivity (Wildman–Crippen MR) is 81.0 cm³/mol. The SMILES string of the molecule is C[NH+](C)CCNc1cnn(-c2ccccc2)c(=O)c1Cl. The van der Waals surface area contributed by atoms with Gasteiger partial charge in [-0.3, -0.25) is 4.79 Å². The lowest BCUT2D eigenvalue weighted by molar-refractivity contribution is -0.856. The maximum Gasteiger partial charge on any atom is 0.292 e. The van der Waals surface area contributed by atoms with Crippen LogP contribution in [0.5, 0.6) is 0 Å². The van der Waals surface area contributed by atoms with Crippen LogP contribution in [0.4, 0.5) is 5.69 Å². The summed E-state index contributed by atoms with van der Waals surface area (Å²) in [5.74, 6) is 0. The van der Waals surface area contributed by atoms with Crippen molar-refractivity contribution in [2.24, 2.45) is 0 Å². The molecule has 0 amide bonds. The van der Waals surface area contributed by atoms with Gasteiger partial charge in [-0.05, 0) is 12.1 Å². The van der Waals surface area contributed by atoms with Gasteiger partial charge in [-0.15, -0.1) is 0 Å². The van der Waals surface area contributed by atoms with E-state index < -0.39 is 0 Å². The summed E-state index contributed by atoms with van der Waals surface area (Å²) in [5.41, 5.74) is 0.953. The first-order valence-electron chi connectivity index (χ1n) is 6.45. The highest BCUT2D eigenvalue weighted by Crippen LogP contribution is 2.15. The summed E-state index contributed by atoms with van der Waals surface area (Å²) in [6, 6.07) is 9.21. The van der Waals surface area contributed by atoms with Gasteiger partial charge in [0, 0.05) is 0 Å². The Balaban J connectivity index is 2.24. The van der Waals surface area contributed by atoms with E-state index in [-0.39, 0.29) is 10.6 Å². The van der Waals surface area contributed by atoms with Gasteiger partial charge in [0.15, 0.2) is 0 Å². The maximum absolute atomic E-state index is 12.2. The smallest absolute Gasteiger partial charge is 0.292 e. The van der Waals surface area contributed by atoms with Crippen LogP contribution in [0.1, 0.15) is 0 Å². The third-order valence-electron chi connectivity index (χ3n) is 2.86. The number of likely N-dealkylation sites (N-methyl/N-ethyl adjacent to an activating group) is 1. The molecule has 5 nitrogen and oxygen atoms in total. The average Bonchev–Trinajstić information content (AvgIpc) is 2.44. The molecule has 0 saturated heterocycles. The molecule has 1 aromatic heterocycles. The zero-order chi connectivity index (χ0) is 14.5. The molecule has 1 heterocycles. The molecule has 0 saturated carbocycles. The van der Waals surface area contributed by atoms with Gasteiger partial charge in [-0.25, -0.2) is 0 Å². The highest BCUT2D eigenvalue weighted by atomic mass is 35.5. The molecule has 0 aliphatic carbocycles. The molecule has 1 aromatic carbocycles. The van der Waals surface area contributed by atoms with Crippen molar-refractivity contribution in [3.63, 3.8) is 0 Å². The minimum absolute atomic E-state index is 0.164. The Morgan fingerprint density at radius 3 is 2.65 bits per heavy atom. The van der Waals surface area contributed by atoms with E-state index in [1.165, 1.54) is 9.58 Å². The maximum atomic E-state index is 12.2. The Kier molecular flexibility index (Phi) is 4.76. The zero-order valence-electron chi connectivity index (χ0n) is 11.6. The fourth-order valence-electron chi connectivity index (χ4n) is 1.76. The lowest BCUT2D eigenvalue weighted by atomic mass is 10.3. The van der Waals surface area contributed by atoms with E-state index in [0.717, 1.165) is 13.1 Å². The predicted octanol–water partition coefficient (Wildman–Crippen LogP) is 0.442. The van der Waals surface area contributed by atoms with Gasteiger partial charge >= 0.3 is 0 Å². The number of benzene rings is 1. The average molecular weight is 294 g/mol. The molecule has 20 heavy (non-hydrogen) atoms. The van der Waals surface area contributed by atoms with Crippen molar-refractivity contribution >= 4 is 17.3 Å². The summed E-state index contributed by atoms with van der Waals surface area (Å²) in [6.45, 7) is 1.66. The van der Waals surface area contributed by atoms with Crippen LogP contribution in [-0.4, -0.2) is 37.0 Å². The Bertz CT molecular complexity index is 625. The third kappa shape index (κ3) is 3.37. The number of aromatic nitrogens is 2. The lowest BCUT2D eigenvalue weighted by Crippen LogP contribution is -3.06. The molecule has 0 radical (unpaired) electrons. The van der Waals surface area contributed by atoms with E-state index >= 15 is 0 Å². The molecule has 0 spiro atoms. The van der Waals surface area contributed by atoms with E-state index in [4.69, 9.17) is 11.6 Å². The highest BCUT2D eigenvalue weighted by Gasteiger charge is 2.10. The quantitative estimate of drug-likeness (QED) is 0.841. The van der Waals surface area contributed by atoms with E-state index in [1.54, 1.807) is 6.20 Å². The lowest BCUT2D eigenvalue weighted by Gasteiger charge is -2.11. The normalized spacial score (nSPS) is 10.8. The summed E-state index contributed by atoms with van der Waals surface area (Å²) in [5, 5.41) is 7.46. The number of para-hydroxylation sites is 1. The Morgan fingerprint density at radius 1 is 1.30 bits per heavy atom. The van der Waals surface area contributed by atoms with Crippen LogP contribution in [0.15, 0.2) is 41.3 Å². The van der Waals surface area contributed by atoms with Crippen LogP contribution in [0, 0.1) is 0 Å². The highest BCUT2D eigenvalue weighted by molar-refractivity contribution is 6.32. The van der Waals surface area contributed by atoms with E-state index in [1.807, 2.05) is 30.3 Å². The van der Waals surface area contributed by atoms with Gasteiger partial charge in [0.25, 0.3) is 5.56 Å². The summed E-state index contributed by atoms with van der Waals surface area (Å²) < 4.78 is 1.30. The van der Waals surface area contributed by atoms with Crippen molar-refractivity contribution in [1.29, 1.82) is 0 Å². The van der Waals surface area contributed by atoms with Crippen molar-refractivity contribution in [3.8, 4) is 5.69 Å². The number of hydrogen-bond donors (Lipinski definition) is 2. The fourth-order valence-corrected chi connectivity index (χ4v) is 1.95. The number of quaternary nitrogens is 1. The minimum Gasteiger partial charge on any atom is -0.377 e. The van der Waals surface area contributed by atoms with Gasteiger partial charge in [0.2, 0.25) is 0 Å². The van der Waals surface area contributed by atoms with Gasteiger partial charge in [0.05, 0.1) is 44.8 Å². The first-order chi connectivity index (χ1) is 9.59. The van der Waals surface area contributed by atoms with Gasteiger partial charge < -0.3 is 10.2 Å². The van der Waals surface area contributed by atoms with Crippen molar-refractivity contribution in [3.05, 3.63) is 51.9 Å². The number of halogens is 1. The number of rotatable bonds is 5. The zero-order valence-corrected chi connectivity index (χ0v) is 12.3. The molecule has 0 aliphatic rings. The van der Waals surface area contributed by atoms with Crippen LogP contribution >= 0.6 is 11.6 Å². The summed E-state index contributed by atoms with van der Waals surface area (Å²) >= 11 is 6.12. The van der Waals surface area contributed by atoms with Gasteiger partial charge in [-0.1, -0.05) is 29.8 Å². The molecule has 0 fully saturated rings. The molecule has 2 rings (SSSR count). The molecule has 2 aromatic rings. The number of nitrogens with zero attached hydrogens (tertiary/aromatic N) is 2. The standard InChI is InChI=1S/C14H17ClN4O/c1-18(2)9-8-16-12-10-17-19(14(20)13(12)15)11-6-4-3-5-7-11/h3-7,10,16H,8-9H2,1-2H3/p+1. The topological polar surface area (TPSA) is 51.4 Å². The number of nitrogens with one attached hydrogen (secondary N) is 2. The second-order valence-corrected chi connectivity index (χ2v) is 5.19. The van der Waals surface area contributed by atoms with Gasteiger partial charge in [-0.2, -0.15) is 9.78 Å². The largest absolute Gasteiger partial charge is 0.377 e. The minimum atomic E-state index is -0.319. The second kappa shape index (κ2) is 6.54. The van der Waals surface area contributed by atoms with Crippen molar-refractivity contribution in [2.75, 3.05) is 32.5 Å². The molecule has 106 valence electrons. The van der Waals surface area contributed by atoms with Crippen LogP contribution < -0.4 is 15.8 Å². The number of hydrogen-bond acceptors (Lipinski definition) is 3. The molecular formula is C14H18ClN4O+. The van der Waals surface area contributed by atoms with Crippen LogP contribution in [0.25, 0.3) is 5.69 Å². The monoisotopic (exact) mass is 293 g/mol. The Morgan fingerprint density at radius 2 is 2.00 bits per heavy atom. The van der Waals surface area contributed by atoms with E-state index in [0.29, 0.717) is 11.4 Å². The molecule has 0 unspecified atom stereocenters. The molecule has 0 bridgehead atoms. The van der Waals surface area contributed by atoms with Crippen molar-refractivity contribution < 1.29 is 4.90 Å². The Labute approximate surface area is 122 Å². The van der Waals surface area contributed by atoms with Crippen LogP contribution in [-0.2, 0) is 0 Å². The number of anilines is 1. The first-order valence-corrected chi connectivity index (χ1v) is 6.83. The van der Waals surface area contributed by atoms with Crippen LogP contribution in [0.2, 0.25) is 5.02 Å². The molecular weight excluding hydrogens is 276 g/mol. The fraction of sp³-hybridized carbons (Fsp3) is 0.286. The summed E-state index contributed by atoms with van der Waals surface area (Å²) in [7, 11) is 4.13. The third-order valence-corrected chi connectivity index (χ3v) is 3.23. The molecule has 2 N–H and O–H groups in total. The molecule has 6 heteroatoms. The molecule has 0 atom stereocenters. The van der Waals surface area contributed by atoms with Gasteiger partial charge in [0.1, 0.15) is 5.02 Å². The van der Waals surface area contributed by atoms with E-state index in [2.05, 4.69) is 24.5 Å². The summed E-state index contributed by atoms with van der Waals surface area (Å²) in [6.07, 6.45) is 1.59. The molecule has 0 aliphatic heterocycles. The van der Waals surface area contributed by atoms with Crippen LogP contribution in [0.3, 0.4) is 0 Å². The van der Waals surface area contributed by atoms with Crippen molar-refractivity contribution in [2.45, 2.75) is 0 Å². The first kappa shape index (κ1) is 14.6. The van der Waals surface area contributed by atoms with Crippen molar-refractivity contribution in [1.82, 2.24) is 9.78 Å². The Hall–Kier alpha value is -1.85.